The lowest BCUT2D eigenvalue weighted by molar-refractivity contribution is 0.995. The van der Waals surface area contributed by atoms with Gasteiger partial charge in [0, 0.05) is 11.2 Å². The van der Waals surface area contributed by atoms with Crippen LogP contribution in [0.15, 0.2) is 35.3 Å². The van der Waals surface area contributed by atoms with Gasteiger partial charge in [0.05, 0.1) is 4.88 Å². The van der Waals surface area contributed by atoms with Crippen LogP contribution in [0.5, 0.6) is 0 Å². The molecule has 2 rings (SSSR count). The molecule has 1 heterocycles. The van der Waals surface area contributed by atoms with Crippen LogP contribution in [-0.4, -0.2) is 12.4 Å². The first kappa shape index (κ1) is 10.1. The van der Waals surface area contributed by atoms with E-state index in [0.29, 0.717) is 0 Å². The van der Waals surface area contributed by atoms with Gasteiger partial charge in [-0.15, -0.1) is 11.3 Å². The third-order valence-electron chi connectivity index (χ3n) is 2.11. The summed E-state index contributed by atoms with van der Waals surface area (Å²) in [5.74, 6) is 6.20. The zero-order chi connectivity index (χ0) is 10.7. The highest BCUT2D eigenvalue weighted by molar-refractivity contribution is 7.20. The molecule has 0 aliphatic heterocycles. The number of aliphatic imine (C=N–C) groups is 1. The molecule has 0 aliphatic carbocycles. The second-order valence-electron chi connectivity index (χ2n) is 3.12. The minimum absolute atomic E-state index is 0.730. The normalized spacial score (nSPS) is 12.0. The summed E-state index contributed by atoms with van der Waals surface area (Å²) in [7, 11) is 0. The fourth-order valence-corrected chi connectivity index (χ4v) is 2.49. The van der Waals surface area contributed by atoms with Crippen LogP contribution in [0, 0.1) is 0 Å². The van der Waals surface area contributed by atoms with Crippen LogP contribution >= 0.6 is 11.3 Å². The largest absolute Gasteiger partial charge is 0.308 e. The number of thiophene rings is 1. The zero-order valence-electron chi connectivity index (χ0n) is 8.53. The van der Waals surface area contributed by atoms with Crippen molar-refractivity contribution in [1.82, 2.24) is 5.43 Å². The van der Waals surface area contributed by atoms with E-state index in [1.165, 1.54) is 10.1 Å². The second kappa shape index (κ2) is 4.42. The number of benzene rings is 1. The van der Waals surface area contributed by atoms with E-state index in [0.717, 1.165) is 17.3 Å². The van der Waals surface area contributed by atoms with E-state index in [4.69, 9.17) is 5.84 Å². The van der Waals surface area contributed by atoms with E-state index in [1.54, 1.807) is 11.3 Å². The minimum atomic E-state index is 0.730. The Balaban J connectivity index is 2.48. The first-order valence-corrected chi connectivity index (χ1v) is 5.67. The van der Waals surface area contributed by atoms with Gasteiger partial charge in [-0.2, -0.15) is 0 Å². The van der Waals surface area contributed by atoms with Gasteiger partial charge in [0.15, 0.2) is 5.84 Å². The van der Waals surface area contributed by atoms with Crippen molar-refractivity contribution in [1.29, 1.82) is 0 Å². The summed E-state index contributed by atoms with van der Waals surface area (Å²) in [5.41, 5.74) is 2.64. The Kier molecular flexibility index (Phi) is 2.99. The van der Waals surface area contributed by atoms with E-state index in [-0.39, 0.29) is 0 Å². The highest BCUT2D eigenvalue weighted by Crippen LogP contribution is 2.25. The molecule has 4 heteroatoms. The van der Waals surface area contributed by atoms with Gasteiger partial charge in [0.1, 0.15) is 0 Å². The fourth-order valence-electron chi connectivity index (χ4n) is 1.45. The van der Waals surface area contributed by atoms with E-state index < -0.39 is 0 Å². The molecule has 1 aromatic carbocycles. The number of nitrogens with two attached hydrogens (primary N) is 1. The van der Waals surface area contributed by atoms with Crippen LogP contribution in [0.2, 0.25) is 0 Å². The summed E-state index contributed by atoms with van der Waals surface area (Å²) in [6.45, 7) is 2.72. The molecule has 3 N–H and O–H groups in total. The molecule has 78 valence electrons. The summed E-state index contributed by atoms with van der Waals surface area (Å²) >= 11 is 1.70. The maximum atomic E-state index is 5.44. The lowest BCUT2D eigenvalue weighted by atomic mass is 10.2. The molecular weight excluding hydrogens is 206 g/mol. The van der Waals surface area contributed by atoms with Crippen molar-refractivity contribution in [3.63, 3.8) is 0 Å². The van der Waals surface area contributed by atoms with Gasteiger partial charge in [0.25, 0.3) is 0 Å². The molecule has 0 saturated carbocycles. The van der Waals surface area contributed by atoms with Crippen molar-refractivity contribution in [2.75, 3.05) is 6.54 Å². The van der Waals surface area contributed by atoms with Crippen LogP contribution in [0.25, 0.3) is 10.1 Å². The molecule has 0 unspecified atom stereocenters. The number of fused-ring (bicyclic) bond motifs is 1. The van der Waals surface area contributed by atoms with Gasteiger partial charge < -0.3 is 5.43 Å². The van der Waals surface area contributed by atoms with E-state index >= 15 is 0 Å². The number of amidine groups is 1. The van der Waals surface area contributed by atoms with Gasteiger partial charge in [-0.05, 0) is 24.4 Å². The van der Waals surface area contributed by atoms with Crippen molar-refractivity contribution < 1.29 is 0 Å². The molecule has 0 radical (unpaired) electrons. The van der Waals surface area contributed by atoms with Crippen molar-refractivity contribution in [3.8, 4) is 0 Å². The molecule has 3 nitrogen and oxygen atoms in total. The predicted octanol–water partition coefficient (Wildman–Crippen LogP) is 2.13. The second-order valence-corrected chi connectivity index (χ2v) is 4.20. The Hall–Kier alpha value is -1.39. The topological polar surface area (TPSA) is 50.4 Å². The molecule has 15 heavy (non-hydrogen) atoms. The van der Waals surface area contributed by atoms with Gasteiger partial charge in [-0.3, -0.25) is 4.99 Å². The van der Waals surface area contributed by atoms with E-state index in [1.807, 2.05) is 19.1 Å². The molecule has 2 aromatic rings. The molecule has 0 atom stereocenters. The molecular formula is C11H13N3S. The maximum absolute atomic E-state index is 5.44. The highest BCUT2D eigenvalue weighted by atomic mass is 32.1. The summed E-state index contributed by atoms with van der Waals surface area (Å²) in [5, 5.41) is 1.23. The smallest absolute Gasteiger partial charge is 0.152 e. The van der Waals surface area contributed by atoms with Gasteiger partial charge in [-0.25, -0.2) is 5.84 Å². The summed E-state index contributed by atoms with van der Waals surface area (Å²) < 4.78 is 1.26. The van der Waals surface area contributed by atoms with Crippen molar-refractivity contribution >= 4 is 27.3 Å². The van der Waals surface area contributed by atoms with Crippen LogP contribution in [0.1, 0.15) is 11.8 Å². The van der Waals surface area contributed by atoms with Gasteiger partial charge >= 0.3 is 0 Å². The Labute approximate surface area is 92.6 Å². The number of hydrogen-bond donors (Lipinski definition) is 2. The Morgan fingerprint density at radius 1 is 1.47 bits per heavy atom. The van der Waals surface area contributed by atoms with Crippen molar-refractivity contribution in [2.45, 2.75) is 6.92 Å². The summed E-state index contributed by atoms with van der Waals surface area (Å²) in [4.78, 5) is 5.38. The summed E-state index contributed by atoms with van der Waals surface area (Å²) in [6.07, 6.45) is 0. The molecule has 0 bridgehead atoms. The molecule has 0 aliphatic rings. The number of rotatable bonds is 2. The third kappa shape index (κ3) is 2.00. The quantitative estimate of drug-likeness (QED) is 0.352. The maximum Gasteiger partial charge on any atom is 0.152 e. The Morgan fingerprint density at radius 3 is 2.93 bits per heavy atom. The van der Waals surface area contributed by atoms with Crippen LogP contribution in [0.3, 0.4) is 0 Å². The Morgan fingerprint density at radius 2 is 2.27 bits per heavy atom. The Bertz CT molecular complexity index is 454. The standard InChI is InChI=1S/C11H13N3S/c1-2-13-11(14-12)10-7-8-5-3-4-6-9(8)15-10/h3-7H,2,12H2,1H3,(H,13,14). The number of hydrazine groups is 1. The molecule has 0 saturated heterocycles. The molecule has 1 aromatic heterocycles. The first-order chi connectivity index (χ1) is 7.35. The van der Waals surface area contributed by atoms with E-state index in [9.17, 15) is 0 Å². The fraction of sp³-hybridized carbons (Fsp3) is 0.182. The zero-order valence-corrected chi connectivity index (χ0v) is 9.34. The predicted molar refractivity (Wildman–Crippen MR) is 66.2 cm³/mol. The molecule has 0 fully saturated rings. The van der Waals surface area contributed by atoms with Crippen molar-refractivity contribution in [2.24, 2.45) is 10.8 Å². The number of nitrogens with one attached hydrogen (secondary N) is 1. The van der Waals surface area contributed by atoms with Crippen LogP contribution < -0.4 is 11.3 Å². The van der Waals surface area contributed by atoms with Gasteiger partial charge in [-0.1, -0.05) is 18.2 Å². The van der Waals surface area contributed by atoms with Crippen LogP contribution in [-0.2, 0) is 0 Å². The molecule has 0 amide bonds. The number of nitrogens with zero attached hydrogens (tertiary/aromatic N) is 1. The lowest BCUT2D eigenvalue weighted by Crippen LogP contribution is -2.30. The average Bonchev–Trinajstić information content (AvgIpc) is 2.69. The SMILES string of the molecule is CCN=C(NN)c1cc2ccccc2s1. The van der Waals surface area contributed by atoms with Crippen LogP contribution in [0.4, 0.5) is 0 Å². The first-order valence-electron chi connectivity index (χ1n) is 4.85. The third-order valence-corrected chi connectivity index (χ3v) is 3.23. The summed E-state index contributed by atoms with van der Waals surface area (Å²) in [6, 6.07) is 10.4. The lowest BCUT2D eigenvalue weighted by Gasteiger charge is -2.00. The monoisotopic (exact) mass is 219 g/mol. The minimum Gasteiger partial charge on any atom is -0.308 e. The van der Waals surface area contributed by atoms with E-state index in [2.05, 4.69) is 28.6 Å². The van der Waals surface area contributed by atoms with Gasteiger partial charge in [0.2, 0.25) is 0 Å². The average molecular weight is 219 g/mol. The number of hydrogen-bond acceptors (Lipinski definition) is 3. The highest BCUT2D eigenvalue weighted by Gasteiger charge is 2.05. The molecule has 0 spiro atoms. The van der Waals surface area contributed by atoms with Crippen molar-refractivity contribution in [3.05, 3.63) is 35.2 Å².